The highest BCUT2D eigenvalue weighted by atomic mass is 16.5. The van der Waals surface area contributed by atoms with Crippen molar-refractivity contribution in [2.24, 2.45) is 0 Å². The molecule has 3 heteroatoms. The summed E-state index contributed by atoms with van der Waals surface area (Å²) in [5.74, 6) is 0.699. The molecule has 20 heavy (non-hydrogen) atoms. The molecule has 0 spiro atoms. The van der Waals surface area contributed by atoms with Crippen LogP contribution in [0.5, 0.6) is 5.75 Å². The summed E-state index contributed by atoms with van der Waals surface area (Å²) in [4.78, 5) is 4.46. The van der Waals surface area contributed by atoms with Crippen molar-refractivity contribution in [3.05, 3.63) is 60.3 Å². The molecule has 3 aromatic rings. The highest BCUT2D eigenvalue weighted by Gasteiger charge is 2.06. The number of aliphatic hydroxyl groups is 1. The van der Waals surface area contributed by atoms with Gasteiger partial charge in [0.25, 0.3) is 0 Å². The predicted octanol–water partition coefficient (Wildman–Crippen LogP) is 3.40. The topological polar surface area (TPSA) is 42.4 Å². The Hall–Kier alpha value is -2.39. The number of aliphatic hydroxyl groups excluding tert-OH is 1. The number of nitrogens with zero attached hydrogens (tertiary/aromatic N) is 1. The van der Waals surface area contributed by atoms with Crippen molar-refractivity contribution >= 4 is 10.9 Å². The number of benzene rings is 2. The summed E-state index contributed by atoms with van der Waals surface area (Å²) in [6, 6.07) is 15.9. The first kappa shape index (κ1) is 12.6. The van der Waals surface area contributed by atoms with E-state index < -0.39 is 0 Å². The fourth-order valence-corrected chi connectivity index (χ4v) is 2.31. The Labute approximate surface area is 117 Å². The lowest BCUT2D eigenvalue weighted by atomic mass is 10.0. The molecule has 0 bridgehead atoms. The summed E-state index contributed by atoms with van der Waals surface area (Å²) in [5, 5.41) is 10.5. The largest absolute Gasteiger partial charge is 0.496 e. The van der Waals surface area contributed by atoms with Gasteiger partial charge < -0.3 is 9.84 Å². The molecule has 0 aliphatic rings. The zero-order valence-corrected chi connectivity index (χ0v) is 11.2. The monoisotopic (exact) mass is 265 g/mol. The van der Waals surface area contributed by atoms with Crippen LogP contribution in [0.15, 0.2) is 54.7 Å². The van der Waals surface area contributed by atoms with Crippen molar-refractivity contribution in [3.63, 3.8) is 0 Å². The van der Waals surface area contributed by atoms with Crippen LogP contribution in [0.4, 0.5) is 0 Å². The number of aromatic nitrogens is 1. The maximum Gasteiger partial charge on any atom is 0.124 e. The molecule has 100 valence electrons. The molecule has 0 atom stereocenters. The number of pyridine rings is 1. The Bertz CT molecular complexity index is 753. The average Bonchev–Trinajstić information content (AvgIpc) is 2.53. The first-order valence-electron chi connectivity index (χ1n) is 6.45. The van der Waals surface area contributed by atoms with Gasteiger partial charge in [-0.25, -0.2) is 0 Å². The molecule has 1 aromatic heterocycles. The van der Waals surface area contributed by atoms with E-state index in [0.29, 0.717) is 5.75 Å². The van der Waals surface area contributed by atoms with Gasteiger partial charge in [-0.3, -0.25) is 4.98 Å². The van der Waals surface area contributed by atoms with Crippen LogP contribution < -0.4 is 4.74 Å². The van der Waals surface area contributed by atoms with Gasteiger partial charge in [0.05, 0.1) is 19.2 Å². The minimum atomic E-state index is -0.0436. The van der Waals surface area contributed by atoms with E-state index in [2.05, 4.69) is 11.1 Å². The zero-order valence-electron chi connectivity index (χ0n) is 11.2. The van der Waals surface area contributed by atoms with E-state index >= 15 is 0 Å². The summed E-state index contributed by atoms with van der Waals surface area (Å²) in [6.07, 6.45) is 1.85. The van der Waals surface area contributed by atoms with Crippen LogP contribution in [0, 0.1) is 0 Å². The van der Waals surface area contributed by atoms with Crippen LogP contribution in [-0.4, -0.2) is 17.2 Å². The van der Waals surface area contributed by atoms with E-state index in [9.17, 15) is 5.11 Å². The quantitative estimate of drug-likeness (QED) is 0.789. The summed E-state index contributed by atoms with van der Waals surface area (Å²) in [5.41, 5.74) is 3.81. The van der Waals surface area contributed by atoms with Crippen molar-refractivity contribution in [2.75, 3.05) is 7.11 Å². The molecule has 2 aromatic carbocycles. The number of para-hydroxylation sites is 1. The van der Waals surface area contributed by atoms with E-state index in [1.165, 1.54) is 0 Å². The molecule has 1 heterocycles. The Balaban J connectivity index is 2.10. The predicted molar refractivity (Wildman–Crippen MR) is 79.7 cm³/mol. The van der Waals surface area contributed by atoms with Crippen LogP contribution in [-0.2, 0) is 6.61 Å². The van der Waals surface area contributed by atoms with Crippen LogP contribution >= 0.6 is 0 Å². The standard InChI is InChI=1S/C17H15NO2/c1-20-17-7-6-12(8-15(17)11-19)14-9-13-4-2-3-5-16(13)18-10-14/h2-10,19H,11H2,1H3. The molecule has 3 rings (SSSR count). The fraction of sp³-hybridized carbons (Fsp3) is 0.118. The van der Waals surface area contributed by atoms with Crippen LogP contribution in [0.2, 0.25) is 0 Å². The number of fused-ring (bicyclic) bond motifs is 1. The SMILES string of the molecule is COc1ccc(-c2cnc3ccccc3c2)cc1CO. The molecule has 0 amide bonds. The van der Waals surface area contributed by atoms with Crippen LogP contribution in [0.25, 0.3) is 22.0 Å². The van der Waals surface area contributed by atoms with Gasteiger partial charge in [0, 0.05) is 22.7 Å². The van der Waals surface area contributed by atoms with Crippen LogP contribution in [0.1, 0.15) is 5.56 Å². The van der Waals surface area contributed by atoms with Crippen molar-refractivity contribution in [3.8, 4) is 16.9 Å². The number of methoxy groups -OCH3 is 1. The van der Waals surface area contributed by atoms with E-state index in [0.717, 1.165) is 27.6 Å². The number of rotatable bonds is 3. The average molecular weight is 265 g/mol. The Morgan fingerprint density at radius 2 is 1.90 bits per heavy atom. The first-order chi connectivity index (χ1) is 9.81. The second-order valence-corrected chi connectivity index (χ2v) is 4.60. The lowest BCUT2D eigenvalue weighted by molar-refractivity contribution is 0.274. The molecule has 1 N–H and O–H groups in total. The molecule has 0 saturated carbocycles. The van der Waals surface area contributed by atoms with E-state index in [-0.39, 0.29) is 6.61 Å². The van der Waals surface area contributed by atoms with Gasteiger partial charge in [-0.2, -0.15) is 0 Å². The molecule has 0 aliphatic heterocycles. The molecule has 3 nitrogen and oxygen atoms in total. The van der Waals surface area contributed by atoms with Crippen molar-refractivity contribution in [2.45, 2.75) is 6.61 Å². The summed E-state index contributed by atoms with van der Waals surface area (Å²) in [7, 11) is 1.60. The first-order valence-corrected chi connectivity index (χ1v) is 6.45. The molecule has 0 fully saturated rings. The van der Waals surface area contributed by atoms with Gasteiger partial charge in [-0.05, 0) is 29.8 Å². The molecule has 0 saturated heterocycles. The molecule has 0 aliphatic carbocycles. The van der Waals surface area contributed by atoms with Crippen molar-refractivity contribution in [1.82, 2.24) is 4.98 Å². The second-order valence-electron chi connectivity index (χ2n) is 4.60. The van der Waals surface area contributed by atoms with Crippen molar-refractivity contribution < 1.29 is 9.84 Å². The minimum absolute atomic E-state index is 0.0436. The molecule has 0 unspecified atom stereocenters. The lowest BCUT2D eigenvalue weighted by Gasteiger charge is -2.09. The summed E-state index contributed by atoms with van der Waals surface area (Å²) < 4.78 is 5.22. The highest BCUT2D eigenvalue weighted by Crippen LogP contribution is 2.28. The minimum Gasteiger partial charge on any atom is -0.496 e. The summed E-state index contributed by atoms with van der Waals surface area (Å²) in [6.45, 7) is -0.0436. The van der Waals surface area contributed by atoms with E-state index in [4.69, 9.17) is 4.74 Å². The summed E-state index contributed by atoms with van der Waals surface area (Å²) >= 11 is 0. The van der Waals surface area contributed by atoms with E-state index in [1.807, 2.05) is 48.7 Å². The maximum absolute atomic E-state index is 9.40. The zero-order chi connectivity index (χ0) is 13.9. The fourth-order valence-electron chi connectivity index (χ4n) is 2.31. The molecular weight excluding hydrogens is 250 g/mol. The normalized spacial score (nSPS) is 10.7. The number of ether oxygens (including phenoxy) is 1. The van der Waals surface area contributed by atoms with Gasteiger partial charge in [0.15, 0.2) is 0 Å². The van der Waals surface area contributed by atoms with Gasteiger partial charge in [-0.1, -0.05) is 24.3 Å². The highest BCUT2D eigenvalue weighted by molar-refractivity contribution is 5.83. The Morgan fingerprint density at radius 3 is 2.70 bits per heavy atom. The van der Waals surface area contributed by atoms with E-state index in [1.54, 1.807) is 7.11 Å². The third-order valence-electron chi connectivity index (χ3n) is 3.37. The maximum atomic E-state index is 9.40. The Kier molecular flexibility index (Phi) is 3.35. The number of hydrogen-bond acceptors (Lipinski definition) is 3. The Morgan fingerprint density at radius 1 is 1.05 bits per heavy atom. The van der Waals surface area contributed by atoms with Gasteiger partial charge in [0.2, 0.25) is 0 Å². The van der Waals surface area contributed by atoms with Gasteiger partial charge in [0.1, 0.15) is 5.75 Å². The van der Waals surface area contributed by atoms with Crippen molar-refractivity contribution in [1.29, 1.82) is 0 Å². The smallest absolute Gasteiger partial charge is 0.124 e. The second kappa shape index (κ2) is 5.31. The van der Waals surface area contributed by atoms with Gasteiger partial charge >= 0.3 is 0 Å². The third kappa shape index (κ3) is 2.24. The molecule has 0 radical (unpaired) electrons. The van der Waals surface area contributed by atoms with Crippen LogP contribution in [0.3, 0.4) is 0 Å². The lowest BCUT2D eigenvalue weighted by Crippen LogP contribution is -1.92. The van der Waals surface area contributed by atoms with Gasteiger partial charge in [-0.15, -0.1) is 0 Å². The molecular formula is C17H15NO2. The number of hydrogen-bond donors (Lipinski definition) is 1. The third-order valence-corrected chi connectivity index (χ3v) is 3.37.